The lowest BCUT2D eigenvalue weighted by Crippen LogP contribution is -2.50. The van der Waals surface area contributed by atoms with Gasteiger partial charge in [-0.3, -0.25) is 4.79 Å². The summed E-state index contributed by atoms with van der Waals surface area (Å²) >= 11 is 0. The van der Waals surface area contributed by atoms with Gasteiger partial charge in [-0.15, -0.1) is 24.8 Å². The minimum atomic E-state index is -0.318. The Morgan fingerprint density at radius 2 is 1.57 bits per heavy atom. The van der Waals surface area contributed by atoms with E-state index >= 15 is 0 Å². The Morgan fingerprint density at radius 3 is 2.00 bits per heavy atom. The van der Waals surface area contributed by atoms with Gasteiger partial charge in [-0.25, -0.2) is 0 Å². The third-order valence-corrected chi connectivity index (χ3v) is 5.81. The Bertz CT molecular complexity index is 328. The molecule has 0 unspecified atom stereocenters. The van der Waals surface area contributed by atoms with Crippen molar-refractivity contribution in [3.05, 3.63) is 0 Å². The second-order valence-corrected chi connectivity index (χ2v) is 6.93. The van der Waals surface area contributed by atoms with Gasteiger partial charge >= 0.3 is 0 Å². The topological polar surface area (TPSA) is 49.6 Å². The van der Waals surface area contributed by atoms with Crippen molar-refractivity contribution < 1.29 is 4.79 Å². The van der Waals surface area contributed by atoms with Crippen LogP contribution in [0.2, 0.25) is 0 Å². The Kier molecular flexibility index (Phi) is 10.7. The molecule has 0 bridgehead atoms. The normalized spacial score (nSPS) is 20.0. The summed E-state index contributed by atoms with van der Waals surface area (Å²) in [6.07, 6.45) is 6.76. The van der Waals surface area contributed by atoms with Crippen LogP contribution in [0.1, 0.15) is 52.4 Å². The number of nitrogens with two attached hydrogens (primary N) is 1. The molecule has 0 saturated carbocycles. The van der Waals surface area contributed by atoms with E-state index in [1.165, 1.54) is 32.5 Å². The van der Waals surface area contributed by atoms with Gasteiger partial charge in [-0.2, -0.15) is 0 Å². The minimum absolute atomic E-state index is 0. The molecule has 0 atom stereocenters. The first-order valence-electron chi connectivity index (χ1n) is 8.87. The molecule has 0 spiro atoms. The fourth-order valence-corrected chi connectivity index (χ4v) is 3.91. The first kappa shape index (κ1) is 23.0. The van der Waals surface area contributed by atoms with E-state index in [0.717, 1.165) is 44.7 Å². The zero-order chi connectivity index (χ0) is 15.3. The van der Waals surface area contributed by atoms with Gasteiger partial charge in [0.15, 0.2) is 0 Å². The molecule has 0 aromatic carbocycles. The standard InChI is InChI=1S/C17H33N3O.2ClH/c1-3-17(4-2,14-18)16(21)20-11-7-15(8-12-20)13-19-9-5-6-10-19;;/h15H,3-14,18H2,1-2H3;2*1H. The van der Waals surface area contributed by atoms with Gasteiger partial charge < -0.3 is 15.5 Å². The smallest absolute Gasteiger partial charge is 0.230 e. The maximum Gasteiger partial charge on any atom is 0.230 e. The summed E-state index contributed by atoms with van der Waals surface area (Å²) in [6.45, 7) is 10.3. The number of amides is 1. The number of piperidine rings is 1. The molecule has 0 aliphatic carbocycles. The van der Waals surface area contributed by atoms with Crippen molar-refractivity contribution in [1.29, 1.82) is 0 Å². The zero-order valence-corrected chi connectivity index (χ0v) is 16.4. The largest absolute Gasteiger partial charge is 0.342 e. The monoisotopic (exact) mass is 367 g/mol. The van der Waals surface area contributed by atoms with Crippen molar-refractivity contribution in [2.24, 2.45) is 17.1 Å². The van der Waals surface area contributed by atoms with E-state index in [1.807, 2.05) is 0 Å². The van der Waals surface area contributed by atoms with E-state index in [0.29, 0.717) is 12.5 Å². The van der Waals surface area contributed by atoms with Crippen molar-refractivity contribution in [2.75, 3.05) is 39.3 Å². The van der Waals surface area contributed by atoms with Crippen LogP contribution in [0.25, 0.3) is 0 Å². The molecule has 23 heavy (non-hydrogen) atoms. The first-order chi connectivity index (χ1) is 10.1. The highest BCUT2D eigenvalue weighted by molar-refractivity contribution is 5.85. The zero-order valence-electron chi connectivity index (χ0n) is 14.8. The number of carbonyl (C=O) groups is 1. The number of halogens is 2. The van der Waals surface area contributed by atoms with E-state index in [9.17, 15) is 4.79 Å². The second kappa shape index (κ2) is 10.8. The van der Waals surface area contributed by atoms with Crippen LogP contribution in [0.5, 0.6) is 0 Å². The van der Waals surface area contributed by atoms with E-state index in [-0.39, 0.29) is 30.2 Å². The summed E-state index contributed by atoms with van der Waals surface area (Å²) in [4.78, 5) is 17.5. The highest BCUT2D eigenvalue weighted by Crippen LogP contribution is 2.30. The van der Waals surface area contributed by atoms with Gasteiger partial charge in [0.25, 0.3) is 0 Å². The second-order valence-electron chi connectivity index (χ2n) is 6.93. The Hall–Kier alpha value is -0.0300. The van der Waals surface area contributed by atoms with Crippen LogP contribution in [0.4, 0.5) is 0 Å². The number of nitrogens with zero attached hydrogens (tertiary/aromatic N) is 2. The molecule has 2 aliphatic rings. The minimum Gasteiger partial charge on any atom is -0.342 e. The molecule has 4 nitrogen and oxygen atoms in total. The Morgan fingerprint density at radius 1 is 1.04 bits per heavy atom. The fraction of sp³-hybridized carbons (Fsp3) is 0.941. The molecular weight excluding hydrogens is 333 g/mol. The van der Waals surface area contributed by atoms with Gasteiger partial charge in [0, 0.05) is 26.2 Å². The molecule has 138 valence electrons. The molecule has 2 saturated heterocycles. The van der Waals surface area contributed by atoms with Crippen LogP contribution in [0, 0.1) is 11.3 Å². The molecule has 0 aromatic heterocycles. The van der Waals surface area contributed by atoms with Crippen LogP contribution < -0.4 is 5.73 Å². The van der Waals surface area contributed by atoms with Crippen LogP contribution in [-0.2, 0) is 4.79 Å². The molecule has 2 rings (SSSR count). The van der Waals surface area contributed by atoms with Crippen LogP contribution in [-0.4, -0.2) is 55.0 Å². The van der Waals surface area contributed by atoms with Gasteiger partial charge in [0.2, 0.25) is 5.91 Å². The SMILES string of the molecule is CCC(CC)(CN)C(=O)N1CCC(CN2CCCC2)CC1.Cl.Cl. The lowest BCUT2D eigenvalue weighted by atomic mass is 9.80. The summed E-state index contributed by atoms with van der Waals surface area (Å²) in [5, 5.41) is 0. The third-order valence-electron chi connectivity index (χ3n) is 5.81. The van der Waals surface area contributed by atoms with Gasteiger partial charge in [-0.1, -0.05) is 13.8 Å². The number of hydrogen-bond acceptors (Lipinski definition) is 3. The maximum atomic E-state index is 12.8. The number of carbonyl (C=O) groups excluding carboxylic acids is 1. The summed E-state index contributed by atoms with van der Waals surface area (Å²) in [6, 6.07) is 0. The van der Waals surface area contributed by atoms with Crippen molar-refractivity contribution in [3.63, 3.8) is 0 Å². The van der Waals surface area contributed by atoms with Gasteiger partial charge in [0.05, 0.1) is 5.41 Å². The summed E-state index contributed by atoms with van der Waals surface area (Å²) in [5.74, 6) is 1.08. The van der Waals surface area contributed by atoms with Gasteiger partial charge in [-0.05, 0) is 57.5 Å². The van der Waals surface area contributed by atoms with Crippen molar-refractivity contribution >= 4 is 30.7 Å². The number of likely N-dealkylation sites (tertiary alicyclic amines) is 2. The third kappa shape index (κ3) is 5.48. The van der Waals surface area contributed by atoms with Crippen LogP contribution in [0.3, 0.4) is 0 Å². The summed E-state index contributed by atoms with van der Waals surface area (Å²) < 4.78 is 0. The van der Waals surface area contributed by atoms with Crippen molar-refractivity contribution in [2.45, 2.75) is 52.4 Å². The summed E-state index contributed by atoms with van der Waals surface area (Å²) in [7, 11) is 0. The molecule has 6 heteroatoms. The molecule has 0 aromatic rings. The molecular formula is C17H35Cl2N3O. The summed E-state index contributed by atoms with van der Waals surface area (Å²) in [5.41, 5.74) is 5.60. The predicted molar refractivity (Wildman–Crippen MR) is 102 cm³/mol. The first-order valence-corrected chi connectivity index (χ1v) is 8.87. The maximum absolute atomic E-state index is 12.8. The van der Waals surface area contributed by atoms with E-state index in [4.69, 9.17) is 5.73 Å². The molecule has 2 aliphatic heterocycles. The molecule has 2 heterocycles. The Labute approximate surface area is 154 Å². The highest BCUT2D eigenvalue weighted by Gasteiger charge is 2.38. The quantitative estimate of drug-likeness (QED) is 0.784. The fourth-order valence-electron chi connectivity index (χ4n) is 3.91. The van der Waals surface area contributed by atoms with Gasteiger partial charge in [0.1, 0.15) is 0 Å². The molecule has 2 N–H and O–H groups in total. The lowest BCUT2D eigenvalue weighted by molar-refractivity contribution is -0.143. The van der Waals surface area contributed by atoms with E-state index < -0.39 is 0 Å². The van der Waals surface area contributed by atoms with E-state index in [2.05, 4.69) is 23.6 Å². The van der Waals surface area contributed by atoms with Crippen molar-refractivity contribution in [3.8, 4) is 0 Å². The van der Waals surface area contributed by atoms with Crippen LogP contribution in [0.15, 0.2) is 0 Å². The average Bonchev–Trinajstić information content (AvgIpc) is 3.03. The average molecular weight is 368 g/mol. The number of hydrogen-bond donors (Lipinski definition) is 1. The molecule has 2 fully saturated rings. The Balaban J connectivity index is 0.00000242. The van der Waals surface area contributed by atoms with E-state index in [1.54, 1.807) is 0 Å². The predicted octanol–water partition coefficient (Wildman–Crippen LogP) is 2.93. The van der Waals surface area contributed by atoms with Crippen molar-refractivity contribution in [1.82, 2.24) is 9.80 Å². The lowest BCUT2D eigenvalue weighted by Gasteiger charge is -2.39. The molecule has 1 amide bonds. The number of rotatable bonds is 6. The highest BCUT2D eigenvalue weighted by atomic mass is 35.5. The molecule has 0 radical (unpaired) electrons. The van der Waals surface area contributed by atoms with Crippen LogP contribution >= 0.6 is 24.8 Å².